The predicted octanol–water partition coefficient (Wildman–Crippen LogP) is 4.12. The van der Waals surface area contributed by atoms with E-state index in [0.29, 0.717) is 5.19 Å². The van der Waals surface area contributed by atoms with Crippen LogP contribution < -0.4 is 5.19 Å². The summed E-state index contributed by atoms with van der Waals surface area (Å²) in [6, 6.07) is 5.60. The molecule has 0 amide bonds. The molecule has 0 atom stereocenters. The average molecular weight is 304 g/mol. The second kappa shape index (κ2) is 5.99. The van der Waals surface area contributed by atoms with Crippen molar-refractivity contribution in [2.45, 2.75) is 45.1 Å². The predicted molar refractivity (Wildman–Crippen MR) is 75.2 cm³/mol. The standard InChI is InChI=1S/C14H19F3O2Si/c1-4-20(5-2,6-3)12-8-7-10(13(18)19)9-11(12)14(15,16)17/h7-9H,4-6H2,1-3H3,(H,18,19). The number of carboxylic acid groups (broad SMARTS) is 1. The van der Waals surface area contributed by atoms with Crippen LogP contribution in [0.3, 0.4) is 0 Å². The lowest BCUT2D eigenvalue weighted by molar-refractivity contribution is -0.136. The number of alkyl halides is 3. The van der Waals surface area contributed by atoms with Crippen molar-refractivity contribution < 1.29 is 23.1 Å². The average Bonchev–Trinajstić information content (AvgIpc) is 2.40. The van der Waals surface area contributed by atoms with Gasteiger partial charge in [-0.15, -0.1) is 0 Å². The molecule has 0 radical (unpaired) electrons. The summed E-state index contributed by atoms with van der Waals surface area (Å²) in [5, 5.41) is 9.22. The summed E-state index contributed by atoms with van der Waals surface area (Å²) in [5.74, 6) is -1.33. The third kappa shape index (κ3) is 3.05. The molecule has 0 heterocycles. The quantitative estimate of drug-likeness (QED) is 0.831. The van der Waals surface area contributed by atoms with Crippen LogP contribution in [0.1, 0.15) is 36.7 Å². The Labute approximate surface area is 117 Å². The third-order valence-electron chi connectivity index (χ3n) is 4.17. The molecule has 1 N–H and O–H groups in total. The lowest BCUT2D eigenvalue weighted by atomic mass is 10.1. The van der Waals surface area contributed by atoms with Crippen molar-refractivity contribution >= 4 is 19.2 Å². The highest BCUT2D eigenvalue weighted by Crippen LogP contribution is 2.32. The number of rotatable bonds is 5. The van der Waals surface area contributed by atoms with Crippen LogP contribution in [0.5, 0.6) is 0 Å². The van der Waals surface area contributed by atoms with E-state index in [0.717, 1.165) is 24.2 Å². The molecule has 2 nitrogen and oxygen atoms in total. The molecule has 0 fully saturated rings. The molecule has 20 heavy (non-hydrogen) atoms. The molecule has 0 aliphatic heterocycles. The Bertz CT molecular complexity index is 485. The molecule has 6 heteroatoms. The largest absolute Gasteiger partial charge is 0.478 e. The highest BCUT2D eigenvalue weighted by molar-refractivity contribution is 6.92. The molecule has 0 unspecified atom stereocenters. The number of hydrogen-bond acceptors (Lipinski definition) is 1. The molecule has 0 bridgehead atoms. The number of hydrogen-bond donors (Lipinski definition) is 1. The molecule has 1 aromatic carbocycles. The Morgan fingerprint density at radius 2 is 1.65 bits per heavy atom. The van der Waals surface area contributed by atoms with Crippen LogP contribution in [0.15, 0.2) is 18.2 Å². The van der Waals surface area contributed by atoms with Crippen molar-refractivity contribution in [3.8, 4) is 0 Å². The second-order valence-electron chi connectivity index (χ2n) is 4.90. The van der Waals surface area contributed by atoms with E-state index < -0.39 is 25.8 Å². The summed E-state index contributed by atoms with van der Waals surface area (Å²) in [6.45, 7) is 5.76. The molecule has 0 aromatic heterocycles. The first kappa shape index (κ1) is 16.8. The smallest absolute Gasteiger partial charge is 0.416 e. The molecular formula is C14H19F3O2Si. The van der Waals surface area contributed by atoms with Gasteiger partial charge in [-0.25, -0.2) is 4.79 Å². The van der Waals surface area contributed by atoms with E-state index in [2.05, 4.69) is 0 Å². The van der Waals surface area contributed by atoms with Crippen LogP contribution in [0.25, 0.3) is 0 Å². The molecule has 0 saturated carbocycles. The van der Waals surface area contributed by atoms with Gasteiger partial charge in [-0.05, 0) is 17.3 Å². The minimum absolute atomic E-state index is 0.313. The maximum absolute atomic E-state index is 13.3. The lowest BCUT2D eigenvalue weighted by Crippen LogP contribution is -2.49. The Kier molecular flexibility index (Phi) is 5.02. The SMILES string of the molecule is CC[Si](CC)(CC)c1ccc(C(=O)O)cc1C(F)(F)F. The van der Waals surface area contributed by atoms with Crippen molar-refractivity contribution in [1.82, 2.24) is 0 Å². The lowest BCUT2D eigenvalue weighted by Gasteiger charge is -2.31. The molecule has 1 rings (SSSR count). The zero-order valence-electron chi connectivity index (χ0n) is 11.8. The Hall–Kier alpha value is -1.30. The topological polar surface area (TPSA) is 37.3 Å². The summed E-state index contributed by atoms with van der Waals surface area (Å²) in [7, 11) is -2.22. The summed E-state index contributed by atoms with van der Waals surface area (Å²) >= 11 is 0. The Balaban J connectivity index is 3.58. The van der Waals surface area contributed by atoms with E-state index in [4.69, 9.17) is 5.11 Å². The summed E-state index contributed by atoms with van der Waals surface area (Å²) in [6.07, 6.45) is -4.52. The van der Waals surface area contributed by atoms with Crippen molar-refractivity contribution in [2.75, 3.05) is 0 Å². The van der Waals surface area contributed by atoms with Crippen LogP contribution in [-0.2, 0) is 6.18 Å². The van der Waals surface area contributed by atoms with Gasteiger partial charge in [0, 0.05) is 0 Å². The Morgan fingerprint density at radius 1 is 1.15 bits per heavy atom. The van der Waals surface area contributed by atoms with Gasteiger partial charge in [0.25, 0.3) is 0 Å². The van der Waals surface area contributed by atoms with Gasteiger partial charge in [-0.2, -0.15) is 13.2 Å². The van der Waals surface area contributed by atoms with Crippen LogP contribution in [0, 0.1) is 0 Å². The van der Waals surface area contributed by atoms with Gasteiger partial charge in [0.05, 0.1) is 19.2 Å². The van der Waals surface area contributed by atoms with Gasteiger partial charge in [0.1, 0.15) is 0 Å². The number of aromatic carboxylic acids is 1. The van der Waals surface area contributed by atoms with Gasteiger partial charge in [-0.1, -0.05) is 45.0 Å². The van der Waals surface area contributed by atoms with Crippen LogP contribution in [0.4, 0.5) is 13.2 Å². The van der Waals surface area contributed by atoms with Gasteiger partial charge in [0.15, 0.2) is 0 Å². The maximum atomic E-state index is 13.3. The van der Waals surface area contributed by atoms with E-state index >= 15 is 0 Å². The highest BCUT2D eigenvalue weighted by Gasteiger charge is 2.40. The first-order valence-corrected chi connectivity index (χ1v) is 9.29. The van der Waals surface area contributed by atoms with E-state index in [1.807, 2.05) is 20.8 Å². The van der Waals surface area contributed by atoms with Gasteiger partial charge < -0.3 is 5.11 Å². The first-order valence-electron chi connectivity index (χ1n) is 6.66. The van der Waals surface area contributed by atoms with Crippen molar-refractivity contribution in [1.29, 1.82) is 0 Å². The molecule has 0 saturated heterocycles. The monoisotopic (exact) mass is 304 g/mol. The summed E-state index contributed by atoms with van der Waals surface area (Å²) in [5.41, 5.74) is -1.08. The zero-order chi connectivity index (χ0) is 15.6. The van der Waals surface area contributed by atoms with Crippen LogP contribution in [0.2, 0.25) is 18.1 Å². The minimum Gasteiger partial charge on any atom is -0.478 e. The van der Waals surface area contributed by atoms with Gasteiger partial charge in [0.2, 0.25) is 0 Å². The van der Waals surface area contributed by atoms with Crippen molar-refractivity contribution in [3.05, 3.63) is 29.3 Å². The fraction of sp³-hybridized carbons (Fsp3) is 0.500. The van der Waals surface area contributed by atoms with Gasteiger partial charge >= 0.3 is 12.1 Å². The number of benzene rings is 1. The second-order valence-corrected chi connectivity index (χ2v) is 10.1. The number of halogens is 3. The van der Waals surface area contributed by atoms with E-state index in [-0.39, 0.29) is 5.56 Å². The first-order chi connectivity index (χ1) is 9.21. The fourth-order valence-electron chi connectivity index (χ4n) is 2.70. The summed E-state index contributed by atoms with van der Waals surface area (Å²) in [4.78, 5) is 10.9. The van der Waals surface area contributed by atoms with Crippen molar-refractivity contribution in [3.63, 3.8) is 0 Å². The molecular weight excluding hydrogens is 285 g/mol. The highest BCUT2D eigenvalue weighted by atomic mass is 28.3. The summed E-state index contributed by atoms with van der Waals surface area (Å²) < 4.78 is 39.8. The fourth-order valence-corrected chi connectivity index (χ4v) is 6.56. The molecule has 1 aromatic rings. The van der Waals surface area contributed by atoms with E-state index in [9.17, 15) is 18.0 Å². The van der Waals surface area contributed by atoms with Crippen LogP contribution in [-0.4, -0.2) is 19.1 Å². The number of carboxylic acids is 1. The molecule has 0 spiro atoms. The van der Waals surface area contributed by atoms with Crippen molar-refractivity contribution in [2.24, 2.45) is 0 Å². The zero-order valence-corrected chi connectivity index (χ0v) is 12.8. The van der Waals surface area contributed by atoms with Crippen LogP contribution >= 0.6 is 0 Å². The third-order valence-corrected chi connectivity index (χ3v) is 9.81. The molecule has 112 valence electrons. The molecule has 0 aliphatic rings. The van der Waals surface area contributed by atoms with Gasteiger partial charge in [-0.3, -0.25) is 0 Å². The molecule has 0 aliphatic carbocycles. The van der Waals surface area contributed by atoms with E-state index in [1.165, 1.54) is 12.1 Å². The maximum Gasteiger partial charge on any atom is 0.416 e. The normalized spacial score (nSPS) is 12.5. The number of carbonyl (C=O) groups is 1. The van der Waals surface area contributed by atoms with E-state index in [1.54, 1.807) is 0 Å². The Morgan fingerprint density at radius 3 is 2.00 bits per heavy atom. The minimum atomic E-state index is -4.52.